The van der Waals surface area contributed by atoms with Crippen molar-refractivity contribution in [3.63, 3.8) is 0 Å². The number of hydrogen-bond acceptors (Lipinski definition) is 5. The van der Waals surface area contributed by atoms with Crippen molar-refractivity contribution in [1.82, 2.24) is 9.71 Å². The van der Waals surface area contributed by atoms with Crippen LogP contribution in [0.4, 0.5) is 0 Å². The van der Waals surface area contributed by atoms with Gasteiger partial charge in [-0.25, -0.2) is 18.1 Å². The minimum Gasteiger partial charge on any atom is -0.329 e. The van der Waals surface area contributed by atoms with Gasteiger partial charge in [-0.1, -0.05) is 6.92 Å². The number of rotatable bonds is 6. The summed E-state index contributed by atoms with van der Waals surface area (Å²) in [5.74, 6) is -0.0426. The molecule has 1 aromatic rings. The Hall–Kier alpha value is -0.500. The topological polar surface area (TPSA) is 85.1 Å². The molecule has 0 aromatic carbocycles. The van der Waals surface area contributed by atoms with Crippen LogP contribution in [0.3, 0.4) is 0 Å². The summed E-state index contributed by atoms with van der Waals surface area (Å²) in [6.07, 6.45) is 2.70. The molecule has 0 aliphatic carbocycles. The van der Waals surface area contributed by atoms with Gasteiger partial charge in [-0.2, -0.15) is 0 Å². The molecule has 0 aliphatic heterocycles. The van der Waals surface area contributed by atoms with E-state index in [0.29, 0.717) is 0 Å². The third-order valence-electron chi connectivity index (χ3n) is 1.78. The fourth-order valence-electron chi connectivity index (χ4n) is 0.992. The van der Waals surface area contributed by atoms with Gasteiger partial charge in [0.25, 0.3) is 0 Å². The Morgan fingerprint density at radius 2 is 2.33 bits per heavy atom. The summed E-state index contributed by atoms with van der Waals surface area (Å²) in [5.41, 5.74) is 5.18. The quantitative estimate of drug-likeness (QED) is 0.748. The van der Waals surface area contributed by atoms with E-state index < -0.39 is 10.0 Å². The van der Waals surface area contributed by atoms with Gasteiger partial charge in [0.2, 0.25) is 10.0 Å². The number of nitrogens with two attached hydrogens (primary N) is 1. The van der Waals surface area contributed by atoms with Crippen LogP contribution in [0.1, 0.15) is 16.8 Å². The zero-order valence-corrected chi connectivity index (χ0v) is 10.2. The van der Waals surface area contributed by atoms with Crippen LogP contribution in [0.5, 0.6) is 0 Å². The highest BCUT2D eigenvalue weighted by Crippen LogP contribution is 2.12. The Bertz CT molecular complexity index is 400. The van der Waals surface area contributed by atoms with Gasteiger partial charge in [-0.3, -0.25) is 0 Å². The smallest absolute Gasteiger partial charge is 0.213 e. The molecular formula is C8H15N3O2S2. The lowest BCUT2D eigenvalue weighted by atomic mass is 10.4. The second-order valence-corrected chi connectivity index (χ2v) is 6.13. The van der Waals surface area contributed by atoms with Gasteiger partial charge in [0.05, 0.1) is 12.3 Å². The van der Waals surface area contributed by atoms with Crippen molar-refractivity contribution in [1.29, 1.82) is 0 Å². The summed E-state index contributed by atoms with van der Waals surface area (Å²) in [4.78, 5) is 5.27. The molecule has 3 N–H and O–H groups in total. The van der Waals surface area contributed by atoms with Crippen molar-refractivity contribution in [2.24, 2.45) is 5.73 Å². The fourth-order valence-corrected chi connectivity index (χ4v) is 2.70. The average molecular weight is 249 g/mol. The molecular weight excluding hydrogens is 234 g/mol. The number of sulfonamides is 1. The van der Waals surface area contributed by atoms with E-state index in [9.17, 15) is 8.42 Å². The van der Waals surface area contributed by atoms with E-state index in [0.717, 1.165) is 16.3 Å². The highest BCUT2D eigenvalue weighted by molar-refractivity contribution is 7.89. The van der Waals surface area contributed by atoms with E-state index in [1.807, 2.05) is 6.92 Å². The Morgan fingerprint density at radius 3 is 2.87 bits per heavy atom. The van der Waals surface area contributed by atoms with Crippen molar-refractivity contribution in [3.8, 4) is 0 Å². The number of aromatic nitrogens is 1. The molecule has 5 nitrogen and oxygen atoms in total. The number of thiazole rings is 1. The monoisotopic (exact) mass is 249 g/mol. The third-order valence-corrected chi connectivity index (χ3v) is 4.28. The molecule has 0 spiro atoms. The predicted octanol–water partition coefficient (Wildman–Crippen LogP) is 0.0836. The molecule has 0 saturated carbocycles. The van der Waals surface area contributed by atoms with Crippen LogP contribution in [0.25, 0.3) is 0 Å². The molecule has 0 fully saturated rings. The van der Waals surface area contributed by atoms with Gasteiger partial charge in [0.1, 0.15) is 5.01 Å². The summed E-state index contributed by atoms with van der Waals surface area (Å²) >= 11 is 1.52. The van der Waals surface area contributed by atoms with Gasteiger partial charge in [0, 0.05) is 17.6 Å². The van der Waals surface area contributed by atoms with Gasteiger partial charge < -0.3 is 5.73 Å². The summed E-state index contributed by atoms with van der Waals surface area (Å²) in [5, 5.41) is 0.785. The summed E-state index contributed by atoms with van der Waals surface area (Å²) < 4.78 is 25.0. The minimum absolute atomic E-state index is 0.0426. The van der Waals surface area contributed by atoms with Crippen molar-refractivity contribution >= 4 is 21.4 Å². The molecule has 86 valence electrons. The average Bonchev–Trinajstić information content (AvgIpc) is 2.62. The fraction of sp³-hybridized carbons (Fsp3) is 0.625. The highest BCUT2D eigenvalue weighted by Gasteiger charge is 2.09. The molecule has 0 saturated heterocycles. The van der Waals surface area contributed by atoms with Crippen LogP contribution >= 0.6 is 11.3 Å². The van der Waals surface area contributed by atoms with Gasteiger partial charge in [0.15, 0.2) is 0 Å². The van der Waals surface area contributed by atoms with Crippen molar-refractivity contribution < 1.29 is 8.42 Å². The van der Waals surface area contributed by atoms with E-state index in [1.165, 1.54) is 11.3 Å². The van der Waals surface area contributed by atoms with E-state index in [1.54, 1.807) is 6.20 Å². The van der Waals surface area contributed by atoms with Gasteiger partial charge in [-0.05, 0) is 6.42 Å². The number of hydrogen-bond donors (Lipinski definition) is 2. The predicted molar refractivity (Wildman–Crippen MR) is 61.2 cm³/mol. The Morgan fingerprint density at radius 1 is 1.60 bits per heavy atom. The molecule has 0 radical (unpaired) electrons. The van der Waals surface area contributed by atoms with Gasteiger partial charge in [-0.15, -0.1) is 11.3 Å². The largest absolute Gasteiger partial charge is 0.329 e. The van der Waals surface area contributed by atoms with Crippen LogP contribution in [-0.4, -0.2) is 25.7 Å². The number of nitrogens with one attached hydrogen (secondary N) is 1. The SMILES string of the molecule is CCc1cnc(CNS(=O)(=O)CCN)s1. The van der Waals surface area contributed by atoms with E-state index in [4.69, 9.17) is 5.73 Å². The first kappa shape index (κ1) is 12.6. The molecule has 15 heavy (non-hydrogen) atoms. The molecule has 0 unspecified atom stereocenters. The minimum atomic E-state index is -3.24. The van der Waals surface area contributed by atoms with Gasteiger partial charge >= 0.3 is 0 Å². The maximum absolute atomic E-state index is 11.3. The van der Waals surface area contributed by atoms with Crippen LogP contribution < -0.4 is 10.5 Å². The molecule has 7 heteroatoms. The van der Waals surface area contributed by atoms with Crippen LogP contribution in [0.2, 0.25) is 0 Å². The summed E-state index contributed by atoms with van der Waals surface area (Å²) in [7, 11) is -3.24. The summed E-state index contributed by atoms with van der Waals surface area (Å²) in [6, 6.07) is 0. The molecule has 1 aromatic heterocycles. The third kappa shape index (κ3) is 4.25. The van der Waals surface area contributed by atoms with Crippen LogP contribution in [0.15, 0.2) is 6.20 Å². The molecule has 1 rings (SSSR count). The van der Waals surface area contributed by atoms with Crippen molar-refractivity contribution in [3.05, 3.63) is 16.1 Å². The zero-order valence-electron chi connectivity index (χ0n) is 8.56. The lowest BCUT2D eigenvalue weighted by Crippen LogP contribution is -2.29. The van der Waals surface area contributed by atoms with Crippen molar-refractivity contribution in [2.75, 3.05) is 12.3 Å². The standard InChI is InChI=1S/C8H15N3O2S2/c1-2-7-5-10-8(14-7)6-11-15(12,13)4-3-9/h5,11H,2-4,6,9H2,1H3. The van der Waals surface area contributed by atoms with E-state index in [-0.39, 0.29) is 18.8 Å². The normalized spacial score (nSPS) is 11.9. The first-order valence-corrected chi connectivity index (χ1v) is 7.15. The molecule has 0 atom stereocenters. The van der Waals surface area contributed by atoms with E-state index in [2.05, 4.69) is 9.71 Å². The molecule has 0 bridgehead atoms. The Kier molecular flexibility index (Phi) is 4.65. The van der Waals surface area contributed by atoms with Crippen LogP contribution in [-0.2, 0) is 23.0 Å². The Balaban J connectivity index is 2.50. The highest BCUT2D eigenvalue weighted by atomic mass is 32.2. The second-order valence-electron chi connectivity index (χ2n) is 3.00. The lowest BCUT2D eigenvalue weighted by molar-refractivity contribution is 0.581. The first-order chi connectivity index (χ1) is 7.07. The second kappa shape index (κ2) is 5.55. The summed E-state index contributed by atoms with van der Waals surface area (Å²) in [6.45, 7) is 2.43. The van der Waals surface area contributed by atoms with Crippen molar-refractivity contribution in [2.45, 2.75) is 19.9 Å². The lowest BCUT2D eigenvalue weighted by Gasteiger charge is -2.02. The molecule has 0 amide bonds. The zero-order chi connectivity index (χ0) is 11.3. The maximum Gasteiger partial charge on any atom is 0.213 e. The first-order valence-electron chi connectivity index (χ1n) is 4.68. The number of nitrogens with zero attached hydrogens (tertiary/aromatic N) is 1. The molecule has 0 aliphatic rings. The molecule has 1 heterocycles. The number of aryl methyl sites for hydroxylation is 1. The maximum atomic E-state index is 11.3. The Labute approximate surface area is 93.8 Å². The van der Waals surface area contributed by atoms with E-state index >= 15 is 0 Å². The van der Waals surface area contributed by atoms with Crippen LogP contribution in [0, 0.1) is 0 Å².